The Morgan fingerprint density at radius 1 is 1.29 bits per heavy atom. The fourth-order valence-electron chi connectivity index (χ4n) is 3.35. The molecule has 2 saturated heterocycles. The summed E-state index contributed by atoms with van der Waals surface area (Å²) in [7, 11) is 0. The Balaban J connectivity index is 1.72. The Labute approximate surface area is 125 Å². The zero-order valence-corrected chi connectivity index (χ0v) is 12.1. The molecule has 21 heavy (non-hydrogen) atoms. The van der Waals surface area contributed by atoms with E-state index >= 15 is 0 Å². The molecule has 4 nitrogen and oxygen atoms in total. The highest BCUT2D eigenvalue weighted by Gasteiger charge is 2.38. The molecule has 110 valence electrons. The second-order valence-corrected chi connectivity index (χ2v) is 5.91. The number of nitrogens with zero attached hydrogens (tertiary/aromatic N) is 2. The molecule has 1 aromatic carbocycles. The first-order valence-corrected chi connectivity index (χ1v) is 7.60. The van der Waals surface area contributed by atoms with Crippen molar-refractivity contribution in [2.45, 2.75) is 18.8 Å². The lowest BCUT2D eigenvalue weighted by Crippen LogP contribution is -2.38. The molecule has 2 aliphatic heterocycles. The Morgan fingerprint density at radius 3 is 2.76 bits per heavy atom. The molecular formula is C17H20N2O2. The van der Waals surface area contributed by atoms with Gasteiger partial charge in [0, 0.05) is 25.6 Å². The molecule has 3 rings (SSSR count). The van der Waals surface area contributed by atoms with Crippen molar-refractivity contribution in [3.63, 3.8) is 0 Å². The summed E-state index contributed by atoms with van der Waals surface area (Å²) in [6, 6.07) is 12.4. The van der Waals surface area contributed by atoms with Crippen molar-refractivity contribution in [3.8, 4) is 6.07 Å². The molecule has 0 aliphatic carbocycles. The Morgan fingerprint density at radius 2 is 2.10 bits per heavy atom. The van der Waals surface area contributed by atoms with E-state index in [1.807, 2.05) is 35.2 Å². The van der Waals surface area contributed by atoms with Gasteiger partial charge in [0.15, 0.2) is 0 Å². The van der Waals surface area contributed by atoms with Gasteiger partial charge in [0.1, 0.15) is 0 Å². The first-order chi connectivity index (χ1) is 10.3. The molecule has 0 radical (unpaired) electrons. The van der Waals surface area contributed by atoms with E-state index in [1.54, 1.807) is 0 Å². The number of hydrogen-bond donors (Lipinski definition) is 0. The number of carbonyl (C=O) groups is 1. The van der Waals surface area contributed by atoms with Crippen LogP contribution in [0, 0.1) is 23.2 Å². The number of carbonyl (C=O) groups excluding carboxylic acids is 1. The molecule has 4 heteroatoms. The van der Waals surface area contributed by atoms with E-state index in [4.69, 9.17) is 4.74 Å². The third-order valence-electron chi connectivity index (χ3n) is 4.53. The number of benzene rings is 1. The van der Waals surface area contributed by atoms with Gasteiger partial charge in [0.25, 0.3) is 0 Å². The van der Waals surface area contributed by atoms with E-state index in [0.29, 0.717) is 19.7 Å². The number of likely N-dealkylation sites (tertiary alicyclic amines) is 1. The molecule has 0 bridgehead atoms. The summed E-state index contributed by atoms with van der Waals surface area (Å²) >= 11 is 0. The van der Waals surface area contributed by atoms with Gasteiger partial charge >= 0.3 is 0 Å². The summed E-state index contributed by atoms with van der Waals surface area (Å²) in [5.41, 5.74) is 1.15. The van der Waals surface area contributed by atoms with Crippen molar-refractivity contribution in [2.24, 2.45) is 11.8 Å². The molecule has 3 atom stereocenters. The maximum absolute atomic E-state index is 12.6. The minimum atomic E-state index is -0.110. The van der Waals surface area contributed by atoms with Gasteiger partial charge < -0.3 is 9.64 Å². The van der Waals surface area contributed by atoms with Gasteiger partial charge in [-0.05, 0) is 18.4 Å². The van der Waals surface area contributed by atoms with Crippen molar-refractivity contribution in [1.82, 2.24) is 4.90 Å². The minimum Gasteiger partial charge on any atom is -0.381 e. The zero-order valence-electron chi connectivity index (χ0n) is 12.1. The lowest BCUT2D eigenvalue weighted by molar-refractivity contribution is -0.138. The summed E-state index contributed by atoms with van der Waals surface area (Å²) in [6.45, 7) is 2.49. The molecule has 0 spiro atoms. The largest absolute Gasteiger partial charge is 0.381 e. The fourth-order valence-corrected chi connectivity index (χ4v) is 3.35. The van der Waals surface area contributed by atoms with Crippen LogP contribution in [0.5, 0.6) is 0 Å². The van der Waals surface area contributed by atoms with Gasteiger partial charge in [-0.25, -0.2) is 0 Å². The topological polar surface area (TPSA) is 53.3 Å². The number of nitriles is 1. The summed E-state index contributed by atoms with van der Waals surface area (Å²) in [4.78, 5) is 14.4. The standard InChI is InChI=1S/C17H20N2O2/c18-9-15-10-19(17(20)14-7-4-8-21-12-14)11-16(15)13-5-2-1-3-6-13/h1-3,5-6,14-16H,4,7-8,10-12H2/t14?,15-,16+/m1/s1. The van der Waals surface area contributed by atoms with Gasteiger partial charge in [-0.15, -0.1) is 0 Å². The van der Waals surface area contributed by atoms with Gasteiger partial charge in [-0.1, -0.05) is 30.3 Å². The lowest BCUT2D eigenvalue weighted by atomic mass is 9.90. The van der Waals surface area contributed by atoms with Gasteiger partial charge in [0.2, 0.25) is 5.91 Å². The SMILES string of the molecule is N#C[C@@H]1CN(C(=O)C2CCCOC2)C[C@H]1c1ccccc1. The summed E-state index contributed by atoms with van der Waals surface area (Å²) in [6.07, 6.45) is 1.86. The highest BCUT2D eigenvalue weighted by Crippen LogP contribution is 2.33. The van der Waals surface area contributed by atoms with E-state index in [9.17, 15) is 10.1 Å². The maximum atomic E-state index is 12.6. The predicted octanol–water partition coefficient (Wildman–Crippen LogP) is 2.18. The van der Waals surface area contributed by atoms with Crippen LogP contribution in [-0.4, -0.2) is 37.1 Å². The van der Waals surface area contributed by atoms with Crippen LogP contribution in [0.2, 0.25) is 0 Å². The third-order valence-corrected chi connectivity index (χ3v) is 4.53. The molecule has 0 saturated carbocycles. The highest BCUT2D eigenvalue weighted by molar-refractivity contribution is 5.79. The summed E-state index contributed by atoms with van der Waals surface area (Å²) in [5.74, 6) is 0.159. The number of amides is 1. The third kappa shape index (κ3) is 2.93. The molecule has 0 N–H and O–H groups in total. The summed E-state index contributed by atoms with van der Waals surface area (Å²) < 4.78 is 5.41. The van der Waals surface area contributed by atoms with Gasteiger partial charge in [-0.3, -0.25) is 4.79 Å². The predicted molar refractivity (Wildman–Crippen MR) is 78.4 cm³/mol. The van der Waals surface area contributed by atoms with Crippen molar-refractivity contribution in [2.75, 3.05) is 26.3 Å². The molecule has 2 fully saturated rings. The Bertz CT molecular complexity index is 531. The van der Waals surface area contributed by atoms with E-state index in [1.165, 1.54) is 0 Å². The monoisotopic (exact) mass is 284 g/mol. The second-order valence-electron chi connectivity index (χ2n) is 5.91. The number of ether oxygens (including phenoxy) is 1. The molecule has 2 aliphatic rings. The van der Waals surface area contributed by atoms with E-state index in [-0.39, 0.29) is 23.7 Å². The van der Waals surface area contributed by atoms with Crippen molar-refractivity contribution in [3.05, 3.63) is 35.9 Å². The molecule has 1 amide bonds. The Kier molecular flexibility index (Phi) is 4.21. The highest BCUT2D eigenvalue weighted by atomic mass is 16.5. The number of hydrogen-bond acceptors (Lipinski definition) is 3. The molecule has 1 unspecified atom stereocenters. The quantitative estimate of drug-likeness (QED) is 0.836. The average Bonchev–Trinajstić information content (AvgIpc) is 3.00. The smallest absolute Gasteiger partial charge is 0.228 e. The lowest BCUT2D eigenvalue weighted by Gasteiger charge is -2.26. The van der Waals surface area contributed by atoms with E-state index < -0.39 is 0 Å². The minimum absolute atomic E-state index is 0.0207. The van der Waals surface area contributed by atoms with Crippen molar-refractivity contribution < 1.29 is 9.53 Å². The zero-order chi connectivity index (χ0) is 14.7. The average molecular weight is 284 g/mol. The summed E-state index contributed by atoms with van der Waals surface area (Å²) in [5, 5.41) is 9.40. The van der Waals surface area contributed by atoms with Crippen LogP contribution in [0.15, 0.2) is 30.3 Å². The molecule has 2 heterocycles. The van der Waals surface area contributed by atoms with E-state index in [2.05, 4.69) is 6.07 Å². The van der Waals surface area contributed by atoms with Crippen molar-refractivity contribution >= 4 is 5.91 Å². The van der Waals surface area contributed by atoms with Crippen LogP contribution in [-0.2, 0) is 9.53 Å². The van der Waals surface area contributed by atoms with Crippen LogP contribution < -0.4 is 0 Å². The van der Waals surface area contributed by atoms with Gasteiger partial charge in [-0.2, -0.15) is 5.26 Å². The normalized spacial score (nSPS) is 29.1. The maximum Gasteiger partial charge on any atom is 0.228 e. The van der Waals surface area contributed by atoms with Gasteiger partial charge in [0.05, 0.1) is 24.5 Å². The molecule has 1 aromatic rings. The van der Waals surface area contributed by atoms with Crippen LogP contribution in [0.4, 0.5) is 0 Å². The van der Waals surface area contributed by atoms with Crippen LogP contribution in [0.1, 0.15) is 24.3 Å². The molecular weight excluding hydrogens is 264 g/mol. The van der Waals surface area contributed by atoms with Crippen LogP contribution in [0.25, 0.3) is 0 Å². The Hall–Kier alpha value is -1.86. The number of rotatable bonds is 2. The first kappa shape index (κ1) is 14.1. The van der Waals surface area contributed by atoms with Crippen LogP contribution in [0.3, 0.4) is 0 Å². The fraction of sp³-hybridized carbons (Fsp3) is 0.529. The van der Waals surface area contributed by atoms with Crippen molar-refractivity contribution in [1.29, 1.82) is 5.26 Å². The molecule has 0 aromatic heterocycles. The van der Waals surface area contributed by atoms with Crippen LogP contribution >= 0.6 is 0 Å². The first-order valence-electron chi connectivity index (χ1n) is 7.60. The van der Waals surface area contributed by atoms with E-state index in [0.717, 1.165) is 25.0 Å². The second kappa shape index (κ2) is 6.28.